The summed E-state index contributed by atoms with van der Waals surface area (Å²) in [7, 11) is 1.68. The second kappa shape index (κ2) is 6.90. The number of benzene rings is 2. The normalized spacial score (nSPS) is 16.8. The van der Waals surface area contributed by atoms with Crippen molar-refractivity contribution in [2.24, 2.45) is 5.10 Å². The number of hydrazone groups is 1. The molecule has 25 heavy (non-hydrogen) atoms. The summed E-state index contributed by atoms with van der Waals surface area (Å²) in [4.78, 5) is 1.31. The molecule has 126 valence electrons. The van der Waals surface area contributed by atoms with Crippen LogP contribution in [0, 0.1) is 0 Å². The number of nitrogens with zero attached hydrogens (tertiary/aromatic N) is 2. The van der Waals surface area contributed by atoms with Crippen LogP contribution in [0.4, 0.5) is 5.69 Å². The minimum Gasteiger partial charge on any atom is -0.497 e. The van der Waals surface area contributed by atoms with Crippen LogP contribution in [-0.2, 0) is 0 Å². The smallest absolute Gasteiger partial charge is 0.118 e. The number of methoxy groups -OCH3 is 1. The van der Waals surface area contributed by atoms with Crippen molar-refractivity contribution in [2.75, 3.05) is 12.1 Å². The molecule has 1 unspecified atom stereocenters. The number of ether oxygens (including phenoxy) is 1. The van der Waals surface area contributed by atoms with E-state index in [9.17, 15) is 0 Å². The summed E-state index contributed by atoms with van der Waals surface area (Å²) in [5.74, 6) is 0.853. The zero-order chi connectivity index (χ0) is 17.2. The average Bonchev–Trinajstić information content (AvgIpc) is 3.32. The largest absolute Gasteiger partial charge is 0.497 e. The average molecular weight is 369 g/mol. The van der Waals surface area contributed by atoms with Crippen LogP contribution in [0.3, 0.4) is 0 Å². The molecule has 4 rings (SSSR count). The SMILES string of the molecule is COc1ccc(C2=NN(c3ccc(Cl)cc3)C(c3cccs3)C2)cc1. The second-order valence-electron chi connectivity index (χ2n) is 5.83. The quantitative estimate of drug-likeness (QED) is 0.584. The first kappa shape index (κ1) is 16.2. The fourth-order valence-corrected chi connectivity index (χ4v) is 3.94. The van der Waals surface area contributed by atoms with Crippen molar-refractivity contribution in [1.29, 1.82) is 0 Å². The van der Waals surface area contributed by atoms with Crippen LogP contribution in [0.2, 0.25) is 5.02 Å². The van der Waals surface area contributed by atoms with E-state index in [2.05, 4.69) is 34.7 Å². The van der Waals surface area contributed by atoms with Crippen LogP contribution in [0.1, 0.15) is 22.9 Å². The highest BCUT2D eigenvalue weighted by molar-refractivity contribution is 7.10. The van der Waals surface area contributed by atoms with Gasteiger partial charge >= 0.3 is 0 Å². The van der Waals surface area contributed by atoms with E-state index >= 15 is 0 Å². The maximum Gasteiger partial charge on any atom is 0.118 e. The molecule has 2 heterocycles. The molecule has 0 aliphatic carbocycles. The van der Waals surface area contributed by atoms with E-state index in [0.717, 1.165) is 34.2 Å². The molecular weight excluding hydrogens is 352 g/mol. The lowest BCUT2D eigenvalue weighted by atomic mass is 10.0. The molecule has 0 fully saturated rings. The highest BCUT2D eigenvalue weighted by Gasteiger charge is 2.30. The number of thiophene rings is 1. The molecular formula is C20H17ClN2OS. The first-order valence-electron chi connectivity index (χ1n) is 8.05. The molecule has 0 N–H and O–H groups in total. The van der Waals surface area contributed by atoms with Gasteiger partial charge in [0.1, 0.15) is 5.75 Å². The van der Waals surface area contributed by atoms with E-state index in [1.54, 1.807) is 18.4 Å². The summed E-state index contributed by atoms with van der Waals surface area (Å²) in [6.45, 7) is 0. The zero-order valence-electron chi connectivity index (χ0n) is 13.7. The van der Waals surface area contributed by atoms with Crippen molar-refractivity contribution in [3.8, 4) is 5.75 Å². The minimum absolute atomic E-state index is 0.207. The molecule has 3 aromatic rings. The topological polar surface area (TPSA) is 24.8 Å². The maximum absolute atomic E-state index is 6.04. The molecule has 0 amide bonds. The van der Waals surface area contributed by atoms with Crippen molar-refractivity contribution in [3.63, 3.8) is 0 Å². The van der Waals surface area contributed by atoms with Crippen LogP contribution in [0.25, 0.3) is 0 Å². The summed E-state index contributed by atoms with van der Waals surface area (Å²) in [6.07, 6.45) is 0.871. The van der Waals surface area contributed by atoms with E-state index in [1.807, 2.05) is 36.4 Å². The van der Waals surface area contributed by atoms with Crippen molar-refractivity contribution in [2.45, 2.75) is 12.5 Å². The van der Waals surface area contributed by atoms with Crippen LogP contribution >= 0.6 is 22.9 Å². The van der Waals surface area contributed by atoms with Gasteiger partial charge in [0, 0.05) is 16.3 Å². The van der Waals surface area contributed by atoms with Crippen molar-refractivity contribution in [1.82, 2.24) is 0 Å². The molecule has 0 saturated heterocycles. The third kappa shape index (κ3) is 3.28. The number of anilines is 1. The molecule has 0 spiro atoms. The Bertz CT molecular complexity index is 873. The number of rotatable bonds is 4. The molecule has 0 radical (unpaired) electrons. The van der Waals surface area contributed by atoms with Crippen LogP contribution in [-0.4, -0.2) is 12.8 Å². The predicted molar refractivity (Wildman–Crippen MR) is 105 cm³/mol. The molecule has 5 heteroatoms. The Labute approximate surface area is 156 Å². The summed E-state index contributed by atoms with van der Waals surface area (Å²) in [6, 6.07) is 20.4. The maximum atomic E-state index is 6.04. The van der Waals surface area contributed by atoms with Crippen molar-refractivity contribution in [3.05, 3.63) is 81.5 Å². The molecule has 1 aliphatic heterocycles. The third-order valence-electron chi connectivity index (χ3n) is 4.30. The van der Waals surface area contributed by atoms with Gasteiger partial charge in [-0.05, 0) is 65.5 Å². The van der Waals surface area contributed by atoms with Gasteiger partial charge in [0.05, 0.1) is 24.6 Å². The van der Waals surface area contributed by atoms with Gasteiger partial charge in [0.25, 0.3) is 0 Å². The van der Waals surface area contributed by atoms with Gasteiger partial charge in [0.15, 0.2) is 0 Å². The highest BCUT2D eigenvalue weighted by atomic mass is 35.5. The van der Waals surface area contributed by atoms with E-state index in [0.29, 0.717) is 0 Å². The summed E-state index contributed by atoms with van der Waals surface area (Å²) >= 11 is 7.81. The van der Waals surface area contributed by atoms with E-state index in [4.69, 9.17) is 21.4 Å². The molecule has 1 aromatic heterocycles. The Kier molecular flexibility index (Phi) is 4.47. The summed E-state index contributed by atoms with van der Waals surface area (Å²) < 4.78 is 5.25. The van der Waals surface area contributed by atoms with E-state index < -0.39 is 0 Å². The van der Waals surface area contributed by atoms with E-state index in [1.165, 1.54) is 4.88 Å². The van der Waals surface area contributed by atoms with Crippen molar-refractivity contribution < 1.29 is 4.74 Å². The minimum atomic E-state index is 0.207. The monoisotopic (exact) mass is 368 g/mol. The Hall–Kier alpha value is -2.30. The fourth-order valence-electron chi connectivity index (χ4n) is 3.00. The van der Waals surface area contributed by atoms with Gasteiger partial charge in [-0.3, -0.25) is 5.01 Å². The molecule has 0 saturated carbocycles. The molecule has 2 aromatic carbocycles. The van der Waals surface area contributed by atoms with Gasteiger partial charge in [-0.25, -0.2) is 0 Å². The summed E-state index contributed by atoms with van der Waals surface area (Å²) in [5.41, 5.74) is 3.25. The number of halogens is 1. The van der Waals surface area contributed by atoms with E-state index in [-0.39, 0.29) is 6.04 Å². The third-order valence-corrected chi connectivity index (χ3v) is 5.52. The molecule has 3 nitrogen and oxygen atoms in total. The fraction of sp³-hybridized carbons (Fsp3) is 0.150. The standard InChI is InChI=1S/C20H17ClN2OS/c1-24-17-10-4-14(5-11-17)18-13-19(20-3-2-12-25-20)23(22-18)16-8-6-15(21)7-9-16/h2-12,19H,13H2,1H3. The van der Waals surface area contributed by atoms with Crippen LogP contribution in [0.15, 0.2) is 71.1 Å². The second-order valence-corrected chi connectivity index (χ2v) is 7.25. The number of hydrogen-bond donors (Lipinski definition) is 0. The summed E-state index contributed by atoms with van der Waals surface area (Å²) in [5, 5.41) is 9.87. The molecule has 1 aliphatic rings. The Morgan fingerprint density at radius 2 is 1.84 bits per heavy atom. The Morgan fingerprint density at radius 1 is 1.08 bits per heavy atom. The molecule has 0 bridgehead atoms. The lowest BCUT2D eigenvalue weighted by Gasteiger charge is -2.22. The van der Waals surface area contributed by atoms with Gasteiger partial charge < -0.3 is 4.74 Å². The van der Waals surface area contributed by atoms with Crippen LogP contribution in [0.5, 0.6) is 5.75 Å². The molecule has 1 atom stereocenters. The van der Waals surface area contributed by atoms with Crippen LogP contribution < -0.4 is 9.75 Å². The number of hydrogen-bond acceptors (Lipinski definition) is 4. The van der Waals surface area contributed by atoms with Gasteiger partial charge in [-0.1, -0.05) is 17.7 Å². The predicted octanol–water partition coefficient (Wildman–Crippen LogP) is 5.77. The first-order valence-corrected chi connectivity index (χ1v) is 9.30. The first-order chi connectivity index (χ1) is 12.2. The van der Waals surface area contributed by atoms with Gasteiger partial charge in [0.2, 0.25) is 0 Å². The lowest BCUT2D eigenvalue weighted by Crippen LogP contribution is -2.17. The lowest BCUT2D eigenvalue weighted by molar-refractivity contribution is 0.415. The van der Waals surface area contributed by atoms with Gasteiger partial charge in [-0.15, -0.1) is 11.3 Å². The Morgan fingerprint density at radius 3 is 2.48 bits per heavy atom. The van der Waals surface area contributed by atoms with Crippen molar-refractivity contribution >= 4 is 34.3 Å². The van der Waals surface area contributed by atoms with Gasteiger partial charge in [-0.2, -0.15) is 5.10 Å². The highest BCUT2D eigenvalue weighted by Crippen LogP contribution is 2.38. The Balaban J connectivity index is 1.71. The zero-order valence-corrected chi connectivity index (χ0v) is 15.3.